The van der Waals surface area contributed by atoms with Gasteiger partial charge in [0.25, 0.3) is 0 Å². The van der Waals surface area contributed by atoms with Crippen LogP contribution in [0.2, 0.25) is 0 Å². The molecule has 0 fully saturated rings. The van der Waals surface area contributed by atoms with Crippen molar-refractivity contribution in [1.29, 1.82) is 0 Å². The third-order valence-electron chi connectivity index (χ3n) is 9.20. The summed E-state index contributed by atoms with van der Waals surface area (Å²) < 4.78 is 10.9. The van der Waals surface area contributed by atoms with Crippen LogP contribution in [0.1, 0.15) is 74.6 Å². The topological polar surface area (TPSA) is 195 Å². The Hall–Kier alpha value is -5.86. The molecule has 0 saturated carbocycles. The van der Waals surface area contributed by atoms with E-state index in [9.17, 15) is 30.0 Å². The number of aromatic hydroxyl groups is 2. The number of fused-ring (bicyclic) bond motifs is 2. The molecule has 2 heterocycles. The van der Waals surface area contributed by atoms with Gasteiger partial charge >= 0.3 is 11.9 Å². The van der Waals surface area contributed by atoms with Crippen molar-refractivity contribution in [3.8, 4) is 22.9 Å². The average molecular weight is 751 g/mol. The fourth-order valence-corrected chi connectivity index (χ4v) is 6.43. The van der Waals surface area contributed by atoms with Gasteiger partial charge in [0.2, 0.25) is 0 Å². The van der Waals surface area contributed by atoms with Crippen molar-refractivity contribution in [3.63, 3.8) is 0 Å². The van der Waals surface area contributed by atoms with Crippen LogP contribution in [-0.4, -0.2) is 87.8 Å². The van der Waals surface area contributed by atoms with E-state index in [1.54, 1.807) is 24.3 Å². The summed E-state index contributed by atoms with van der Waals surface area (Å²) in [6.45, 7) is 3.93. The number of aliphatic hydroxyl groups excluding tert-OH is 2. The van der Waals surface area contributed by atoms with Crippen LogP contribution in [0.5, 0.6) is 11.5 Å². The Morgan fingerprint density at radius 2 is 0.982 bits per heavy atom. The highest BCUT2D eigenvalue weighted by atomic mass is 16.5. The molecule has 2 unspecified atom stereocenters. The lowest BCUT2D eigenvalue weighted by atomic mass is 9.96. The highest BCUT2D eigenvalue weighted by molar-refractivity contribution is 5.75. The van der Waals surface area contributed by atoms with Gasteiger partial charge in [0.05, 0.1) is 38.3 Å². The van der Waals surface area contributed by atoms with Crippen LogP contribution in [0, 0.1) is 0 Å². The number of rotatable bonds is 18. The molecule has 0 spiro atoms. The highest BCUT2D eigenvalue weighted by Crippen LogP contribution is 2.35. The molecule has 0 aliphatic carbocycles. The average Bonchev–Trinajstić information content (AvgIpc) is 3.79. The van der Waals surface area contributed by atoms with Gasteiger partial charge in [0.15, 0.2) is 0 Å². The number of esters is 2. The minimum atomic E-state index is -0.765. The van der Waals surface area contributed by atoms with E-state index in [1.165, 1.54) is 9.59 Å². The maximum Gasteiger partial charge on any atom is 0.308 e. The number of nitrogens with zero attached hydrogens (tertiary/aromatic N) is 6. The lowest BCUT2D eigenvalue weighted by Gasteiger charge is -2.16. The zero-order chi connectivity index (χ0) is 38.9. The quantitative estimate of drug-likeness (QED) is 0.0815. The Morgan fingerprint density at radius 3 is 1.33 bits per heavy atom. The van der Waals surface area contributed by atoms with Gasteiger partial charge in [-0.05, 0) is 60.4 Å². The number of aliphatic hydroxyl groups is 2. The van der Waals surface area contributed by atoms with E-state index in [2.05, 4.69) is 20.4 Å². The summed E-state index contributed by atoms with van der Waals surface area (Å²) >= 11 is 0. The molecule has 288 valence electrons. The fourth-order valence-electron chi connectivity index (χ4n) is 6.43. The Bertz CT molecular complexity index is 2040. The van der Waals surface area contributed by atoms with Gasteiger partial charge in [-0.15, -0.1) is 30.0 Å². The maximum absolute atomic E-state index is 12.4. The largest absolute Gasteiger partial charge is 0.505 e. The molecule has 2 aromatic heterocycles. The lowest BCUT2D eigenvalue weighted by molar-refractivity contribution is -0.146. The number of aromatic nitrogens is 6. The summed E-state index contributed by atoms with van der Waals surface area (Å²) in [5, 5.41) is 62.0. The van der Waals surface area contributed by atoms with Gasteiger partial charge in [0.1, 0.15) is 44.9 Å². The van der Waals surface area contributed by atoms with Crippen molar-refractivity contribution in [2.75, 3.05) is 13.2 Å². The Balaban J connectivity index is 1.34. The second kappa shape index (κ2) is 18.0. The van der Waals surface area contributed by atoms with Crippen LogP contribution in [0.4, 0.5) is 0 Å². The molecule has 0 aliphatic rings. The highest BCUT2D eigenvalue weighted by Gasteiger charge is 2.21. The number of ether oxygens (including phenoxy) is 2. The van der Waals surface area contributed by atoms with Crippen molar-refractivity contribution in [2.24, 2.45) is 0 Å². The predicted octanol–water partition coefficient (Wildman–Crippen LogP) is 5.43. The van der Waals surface area contributed by atoms with E-state index in [-0.39, 0.29) is 56.8 Å². The van der Waals surface area contributed by atoms with Gasteiger partial charge in [-0.25, -0.2) is 0 Å². The molecule has 0 bridgehead atoms. The predicted molar refractivity (Wildman–Crippen MR) is 204 cm³/mol. The molecule has 0 amide bonds. The first kappa shape index (κ1) is 38.9. The monoisotopic (exact) mass is 750 g/mol. The van der Waals surface area contributed by atoms with Crippen molar-refractivity contribution in [2.45, 2.75) is 83.8 Å². The van der Waals surface area contributed by atoms with Crippen LogP contribution >= 0.6 is 0 Å². The van der Waals surface area contributed by atoms with E-state index in [4.69, 9.17) is 9.47 Å². The van der Waals surface area contributed by atoms with Gasteiger partial charge < -0.3 is 29.9 Å². The first-order valence-electron chi connectivity index (χ1n) is 18.6. The van der Waals surface area contributed by atoms with Crippen LogP contribution in [-0.2, 0) is 38.3 Å². The van der Waals surface area contributed by atoms with Crippen molar-refractivity contribution >= 4 is 34.0 Å². The minimum Gasteiger partial charge on any atom is -0.505 e. The molecule has 0 saturated heterocycles. The first-order chi connectivity index (χ1) is 26.6. The summed E-state index contributed by atoms with van der Waals surface area (Å²) in [5.41, 5.74) is 5.39. The summed E-state index contributed by atoms with van der Waals surface area (Å²) in [4.78, 5) is 27.5. The molecular formula is C41H46N6O8. The molecule has 2 atom stereocenters. The first-order valence-corrected chi connectivity index (χ1v) is 18.6. The summed E-state index contributed by atoms with van der Waals surface area (Å²) in [6.07, 6.45) is 1.40. The smallest absolute Gasteiger partial charge is 0.308 e. The SMILES string of the molecule is CCCC(O)CC(=O)OCCc1cc(Cc2cc(CCOC(=O)CC(O)CCC)cc(-n3nc4ccccc4n3)c2O)c(O)c(-n2nc3ccccc3n2)c1. The van der Waals surface area contributed by atoms with Crippen LogP contribution < -0.4 is 0 Å². The maximum atomic E-state index is 12.4. The molecule has 6 aromatic rings. The van der Waals surface area contributed by atoms with Crippen LogP contribution in [0.15, 0.2) is 72.8 Å². The fraction of sp³-hybridized carbons (Fsp3) is 0.366. The molecule has 55 heavy (non-hydrogen) atoms. The van der Waals surface area contributed by atoms with Gasteiger partial charge in [-0.1, -0.05) is 63.1 Å². The van der Waals surface area contributed by atoms with Crippen LogP contribution in [0.25, 0.3) is 33.4 Å². The third kappa shape index (κ3) is 9.82. The van der Waals surface area contributed by atoms with Gasteiger partial charge in [-0.2, -0.15) is 0 Å². The molecule has 14 nitrogen and oxygen atoms in total. The Morgan fingerprint density at radius 1 is 0.618 bits per heavy atom. The number of hydrogen-bond donors (Lipinski definition) is 4. The molecule has 6 rings (SSSR count). The molecular weight excluding hydrogens is 704 g/mol. The molecule has 4 aromatic carbocycles. The number of benzene rings is 4. The Labute approximate surface area is 317 Å². The van der Waals surface area contributed by atoms with E-state index >= 15 is 0 Å². The zero-order valence-electron chi connectivity index (χ0n) is 31.0. The second-order valence-electron chi connectivity index (χ2n) is 13.6. The van der Waals surface area contributed by atoms with E-state index < -0.39 is 24.1 Å². The number of carbonyl (C=O) groups excluding carboxylic acids is 2. The Kier molecular flexibility index (Phi) is 12.7. The second-order valence-corrected chi connectivity index (χ2v) is 13.6. The molecule has 0 aliphatic heterocycles. The molecule has 14 heteroatoms. The molecule has 0 radical (unpaired) electrons. The zero-order valence-corrected chi connectivity index (χ0v) is 31.0. The van der Waals surface area contributed by atoms with E-state index in [0.29, 0.717) is 68.5 Å². The number of phenolic OH excluding ortho intramolecular Hbond substituents is 2. The standard InChI is InChI=1S/C41H46N6O8/c1-3-9-30(48)24-38(50)54-17-15-26-19-28(40(52)36(21-26)46-42-32-11-5-6-12-33(32)43-46)23-29-20-27(16-18-55-39(51)25-31(49)10-4-2)22-37(41(29)53)47-44-34-13-7-8-14-35(34)45-47/h5-8,11-14,19-22,30-31,48-49,52-53H,3-4,9-10,15-18,23-25H2,1-2H3. The minimum absolute atomic E-state index is 0.0352. The van der Waals surface area contributed by atoms with Crippen molar-refractivity contribution in [3.05, 3.63) is 95.1 Å². The number of phenols is 2. The number of hydrogen-bond acceptors (Lipinski definition) is 12. The normalized spacial score (nSPS) is 12.6. The van der Waals surface area contributed by atoms with Crippen molar-refractivity contribution < 1.29 is 39.5 Å². The van der Waals surface area contributed by atoms with E-state index in [1.807, 2.05) is 62.4 Å². The number of carbonyl (C=O) groups is 2. The lowest BCUT2D eigenvalue weighted by Crippen LogP contribution is -2.16. The summed E-state index contributed by atoms with van der Waals surface area (Å²) in [6, 6.07) is 21.6. The summed E-state index contributed by atoms with van der Waals surface area (Å²) in [5.74, 6) is -1.23. The van der Waals surface area contributed by atoms with Crippen molar-refractivity contribution in [1.82, 2.24) is 30.0 Å². The summed E-state index contributed by atoms with van der Waals surface area (Å²) in [7, 11) is 0. The molecule has 4 N–H and O–H groups in total. The van der Waals surface area contributed by atoms with Gasteiger partial charge in [-0.3, -0.25) is 9.59 Å². The van der Waals surface area contributed by atoms with Gasteiger partial charge in [0, 0.05) is 30.4 Å². The van der Waals surface area contributed by atoms with E-state index in [0.717, 1.165) is 12.8 Å². The third-order valence-corrected chi connectivity index (χ3v) is 9.20. The van der Waals surface area contributed by atoms with Crippen LogP contribution in [0.3, 0.4) is 0 Å².